The first-order chi connectivity index (χ1) is 9.79. The van der Waals surface area contributed by atoms with Crippen molar-refractivity contribution in [2.24, 2.45) is 5.92 Å². The molecular formula is C15H21N3O3. The fraction of sp³-hybridized carbons (Fsp3) is 0.533. The molecule has 2 rings (SSSR count). The lowest BCUT2D eigenvalue weighted by Crippen LogP contribution is -2.48. The predicted octanol–water partition coefficient (Wildman–Crippen LogP) is 1.47. The van der Waals surface area contributed by atoms with Crippen molar-refractivity contribution in [1.29, 1.82) is 0 Å². The van der Waals surface area contributed by atoms with Crippen LogP contribution in [0, 0.1) is 5.92 Å². The van der Waals surface area contributed by atoms with Crippen LogP contribution in [0.2, 0.25) is 0 Å². The summed E-state index contributed by atoms with van der Waals surface area (Å²) in [5, 5.41) is 15.3. The quantitative estimate of drug-likeness (QED) is 0.781. The van der Waals surface area contributed by atoms with E-state index in [1.807, 2.05) is 27.7 Å². The Kier molecular flexibility index (Phi) is 4.00. The summed E-state index contributed by atoms with van der Waals surface area (Å²) in [5.74, 6) is -1.10. The molecule has 114 valence electrons. The monoisotopic (exact) mass is 291 g/mol. The van der Waals surface area contributed by atoms with E-state index in [1.54, 1.807) is 12.3 Å². The Bertz CT molecular complexity index is 586. The van der Waals surface area contributed by atoms with Gasteiger partial charge in [-0.3, -0.25) is 15.1 Å². The van der Waals surface area contributed by atoms with E-state index in [2.05, 4.69) is 15.6 Å². The Morgan fingerprint density at radius 2 is 2.19 bits per heavy atom. The molecule has 1 fully saturated rings. The molecule has 1 aliphatic rings. The van der Waals surface area contributed by atoms with E-state index >= 15 is 0 Å². The SMILES string of the molecule is CCc1cnc([C@@H]2NC(=O)[C@@](C)(C(C)C)N2)c(C(=O)O)c1. The summed E-state index contributed by atoms with van der Waals surface area (Å²) < 4.78 is 0. The second-order valence-corrected chi connectivity index (χ2v) is 5.84. The Hall–Kier alpha value is -1.95. The summed E-state index contributed by atoms with van der Waals surface area (Å²) in [7, 11) is 0. The number of aromatic nitrogens is 1. The van der Waals surface area contributed by atoms with Crippen molar-refractivity contribution in [3.8, 4) is 0 Å². The fourth-order valence-electron chi connectivity index (χ4n) is 2.36. The molecule has 21 heavy (non-hydrogen) atoms. The largest absolute Gasteiger partial charge is 0.478 e. The number of carboxylic acid groups (broad SMARTS) is 1. The van der Waals surface area contributed by atoms with E-state index < -0.39 is 17.7 Å². The Morgan fingerprint density at radius 3 is 2.67 bits per heavy atom. The summed E-state index contributed by atoms with van der Waals surface area (Å²) in [5.41, 5.74) is 0.593. The highest BCUT2D eigenvalue weighted by Gasteiger charge is 2.46. The molecule has 6 nitrogen and oxygen atoms in total. The second kappa shape index (κ2) is 5.44. The molecule has 2 atom stereocenters. The van der Waals surface area contributed by atoms with E-state index in [4.69, 9.17) is 0 Å². The molecular weight excluding hydrogens is 270 g/mol. The molecule has 6 heteroatoms. The lowest BCUT2D eigenvalue weighted by Gasteiger charge is -2.26. The maximum atomic E-state index is 12.2. The van der Waals surface area contributed by atoms with Gasteiger partial charge in [-0.05, 0) is 30.9 Å². The van der Waals surface area contributed by atoms with Crippen molar-refractivity contribution in [3.63, 3.8) is 0 Å². The number of hydrogen-bond donors (Lipinski definition) is 3. The van der Waals surface area contributed by atoms with Crippen LogP contribution in [0.1, 0.15) is 55.5 Å². The third-order valence-electron chi connectivity index (χ3n) is 4.23. The molecule has 0 aliphatic carbocycles. The number of carbonyl (C=O) groups is 2. The number of rotatable bonds is 4. The molecule has 1 aromatic rings. The number of carbonyl (C=O) groups excluding carboxylic acids is 1. The number of amides is 1. The van der Waals surface area contributed by atoms with Gasteiger partial charge in [-0.1, -0.05) is 20.8 Å². The van der Waals surface area contributed by atoms with E-state index in [-0.39, 0.29) is 17.4 Å². The van der Waals surface area contributed by atoms with E-state index in [0.717, 1.165) is 5.56 Å². The van der Waals surface area contributed by atoms with E-state index in [1.165, 1.54) is 0 Å². The van der Waals surface area contributed by atoms with Gasteiger partial charge in [0.25, 0.3) is 0 Å². The van der Waals surface area contributed by atoms with Crippen molar-refractivity contribution in [2.75, 3.05) is 0 Å². The lowest BCUT2D eigenvalue weighted by molar-refractivity contribution is -0.125. The minimum Gasteiger partial charge on any atom is -0.478 e. The maximum Gasteiger partial charge on any atom is 0.337 e. The first-order valence-electron chi connectivity index (χ1n) is 7.10. The number of aryl methyl sites for hydroxylation is 1. The molecule has 0 radical (unpaired) electrons. The normalized spacial score (nSPS) is 25.2. The predicted molar refractivity (Wildman–Crippen MR) is 77.8 cm³/mol. The second-order valence-electron chi connectivity index (χ2n) is 5.84. The molecule has 1 aliphatic heterocycles. The number of hydrogen-bond acceptors (Lipinski definition) is 4. The molecule has 0 unspecified atom stereocenters. The molecule has 1 saturated heterocycles. The smallest absolute Gasteiger partial charge is 0.337 e. The maximum absolute atomic E-state index is 12.2. The summed E-state index contributed by atoms with van der Waals surface area (Å²) >= 11 is 0. The Morgan fingerprint density at radius 1 is 1.52 bits per heavy atom. The van der Waals surface area contributed by atoms with Gasteiger partial charge in [0.2, 0.25) is 5.91 Å². The standard InChI is InChI=1S/C15H21N3O3/c1-5-9-6-10(13(19)20)11(16-7-9)12-17-14(21)15(4,18-12)8(2)3/h6-8,12,18H,5H2,1-4H3,(H,17,21)(H,19,20)/t12-,15-/m1/s1. The Balaban J connectivity index is 2.40. The highest BCUT2D eigenvalue weighted by Crippen LogP contribution is 2.28. The summed E-state index contributed by atoms with van der Waals surface area (Å²) in [4.78, 5) is 27.9. The van der Waals surface area contributed by atoms with Crippen LogP contribution in [0.3, 0.4) is 0 Å². The number of pyridine rings is 1. The van der Waals surface area contributed by atoms with Crippen LogP contribution in [0.15, 0.2) is 12.3 Å². The lowest BCUT2D eigenvalue weighted by atomic mass is 9.89. The highest BCUT2D eigenvalue weighted by molar-refractivity contribution is 5.91. The molecule has 1 amide bonds. The van der Waals surface area contributed by atoms with Gasteiger partial charge >= 0.3 is 5.97 Å². The molecule has 1 aromatic heterocycles. The minimum absolute atomic E-state index is 0.0747. The van der Waals surface area contributed by atoms with Gasteiger partial charge in [-0.25, -0.2) is 4.79 Å². The summed E-state index contributed by atoms with van der Waals surface area (Å²) in [6.45, 7) is 7.64. The van der Waals surface area contributed by atoms with E-state index in [9.17, 15) is 14.7 Å². The van der Waals surface area contributed by atoms with Crippen LogP contribution in [0.25, 0.3) is 0 Å². The van der Waals surface area contributed by atoms with Gasteiger partial charge in [0, 0.05) is 6.20 Å². The third-order valence-corrected chi connectivity index (χ3v) is 4.23. The number of aromatic carboxylic acids is 1. The van der Waals surface area contributed by atoms with Crippen molar-refractivity contribution >= 4 is 11.9 Å². The van der Waals surface area contributed by atoms with Gasteiger partial charge in [-0.15, -0.1) is 0 Å². The summed E-state index contributed by atoms with van der Waals surface area (Å²) in [6, 6.07) is 1.61. The van der Waals surface area contributed by atoms with Crippen LogP contribution in [-0.4, -0.2) is 27.5 Å². The van der Waals surface area contributed by atoms with Crippen LogP contribution in [0.5, 0.6) is 0 Å². The van der Waals surface area contributed by atoms with E-state index in [0.29, 0.717) is 12.1 Å². The average molecular weight is 291 g/mol. The first kappa shape index (κ1) is 15.4. The fourth-order valence-corrected chi connectivity index (χ4v) is 2.36. The molecule has 0 bridgehead atoms. The highest BCUT2D eigenvalue weighted by atomic mass is 16.4. The topological polar surface area (TPSA) is 91.3 Å². The van der Waals surface area contributed by atoms with Gasteiger partial charge in [-0.2, -0.15) is 0 Å². The van der Waals surface area contributed by atoms with Crippen LogP contribution in [0.4, 0.5) is 0 Å². The van der Waals surface area contributed by atoms with Gasteiger partial charge in [0.15, 0.2) is 0 Å². The first-order valence-corrected chi connectivity index (χ1v) is 7.10. The molecule has 0 aromatic carbocycles. The summed E-state index contributed by atoms with van der Waals surface area (Å²) in [6.07, 6.45) is 1.78. The zero-order chi connectivity index (χ0) is 15.8. The van der Waals surface area contributed by atoms with Gasteiger partial charge in [0.05, 0.1) is 16.8 Å². The molecule has 0 saturated carbocycles. The molecule has 3 N–H and O–H groups in total. The van der Waals surface area contributed by atoms with Crippen molar-refractivity contribution in [2.45, 2.75) is 45.8 Å². The van der Waals surface area contributed by atoms with Crippen LogP contribution >= 0.6 is 0 Å². The average Bonchev–Trinajstić information content (AvgIpc) is 2.75. The van der Waals surface area contributed by atoms with Crippen LogP contribution < -0.4 is 10.6 Å². The van der Waals surface area contributed by atoms with Gasteiger partial charge in [0.1, 0.15) is 6.17 Å². The molecule has 2 heterocycles. The molecule has 0 spiro atoms. The van der Waals surface area contributed by atoms with Gasteiger partial charge < -0.3 is 10.4 Å². The zero-order valence-electron chi connectivity index (χ0n) is 12.7. The number of nitrogens with one attached hydrogen (secondary N) is 2. The zero-order valence-corrected chi connectivity index (χ0v) is 12.7. The number of carboxylic acids is 1. The Labute approximate surface area is 124 Å². The van der Waals surface area contributed by atoms with Crippen molar-refractivity contribution < 1.29 is 14.7 Å². The van der Waals surface area contributed by atoms with Crippen molar-refractivity contribution in [1.82, 2.24) is 15.6 Å². The van der Waals surface area contributed by atoms with Crippen LogP contribution in [-0.2, 0) is 11.2 Å². The van der Waals surface area contributed by atoms with Crippen molar-refractivity contribution in [3.05, 3.63) is 29.1 Å². The third kappa shape index (κ3) is 2.63. The minimum atomic E-state index is -1.04. The number of nitrogens with zero attached hydrogens (tertiary/aromatic N) is 1.